The standard InChI is InChI=1S/C12H14N4O/c1-8-4-5-10(6-9(8)2)12(17)14-11-7-13-16(3)15-11/h4-7H,1-3H3,(H,14,15,17). The van der Waals surface area contributed by atoms with E-state index in [1.165, 1.54) is 16.6 Å². The number of rotatable bonds is 2. The van der Waals surface area contributed by atoms with Gasteiger partial charge in [0.2, 0.25) is 0 Å². The smallest absolute Gasteiger partial charge is 0.256 e. The molecule has 5 heteroatoms. The molecule has 0 aliphatic rings. The molecule has 1 heterocycles. The quantitative estimate of drug-likeness (QED) is 0.854. The molecule has 2 rings (SSSR count). The number of nitrogens with zero attached hydrogens (tertiary/aromatic N) is 3. The number of carbonyl (C=O) groups is 1. The van der Waals surface area contributed by atoms with Crippen LogP contribution < -0.4 is 5.32 Å². The summed E-state index contributed by atoms with van der Waals surface area (Å²) < 4.78 is 0. The lowest BCUT2D eigenvalue weighted by Gasteiger charge is -2.04. The van der Waals surface area contributed by atoms with E-state index in [9.17, 15) is 4.79 Å². The predicted molar refractivity (Wildman–Crippen MR) is 64.9 cm³/mol. The van der Waals surface area contributed by atoms with Gasteiger partial charge in [-0.2, -0.15) is 9.90 Å². The second kappa shape index (κ2) is 4.37. The van der Waals surface area contributed by atoms with E-state index in [0.29, 0.717) is 11.4 Å². The molecule has 0 saturated carbocycles. The summed E-state index contributed by atoms with van der Waals surface area (Å²) in [5.74, 6) is 0.282. The molecule has 1 N–H and O–H groups in total. The van der Waals surface area contributed by atoms with Crippen LogP contribution in [0.15, 0.2) is 24.4 Å². The molecule has 1 amide bonds. The average Bonchev–Trinajstić information content (AvgIpc) is 2.68. The Morgan fingerprint density at radius 1 is 1.29 bits per heavy atom. The summed E-state index contributed by atoms with van der Waals surface area (Å²) in [5, 5.41) is 10.6. The first-order valence-electron chi connectivity index (χ1n) is 5.31. The Hall–Kier alpha value is -2.17. The fourth-order valence-electron chi connectivity index (χ4n) is 1.47. The molecule has 0 atom stereocenters. The van der Waals surface area contributed by atoms with Crippen molar-refractivity contribution in [3.63, 3.8) is 0 Å². The summed E-state index contributed by atoms with van der Waals surface area (Å²) in [5.41, 5.74) is 2.89. The maximum Gasteiger partial charge on any atom is 0.256 e. The van der Waals surface area contributed by atoms with Crippen LogP contribution in [0.3, 0.4) is 0 Å². The second-order valence-corrected chi connectivity index (χ2v) is 3.97. The van der Waals surface area contributed by atoms with E-state index in [2.05, 4.69) is 15.5 Å². The first kappa shape index (κ1) is 11.3. The number of aryl methyl sites for hydroxylation is 3. The third-order valence-electron chi connectivity index (χ3n) is 2.61. The number of anilines is 1. The van der Waals surface area contributed by atoms with E-state index in [1.807, 2.05) is 26.0 Å². The summed E-state index contributed by atoms with van der Waals surface area (Å²) in [6.07, 6.45) is 1.51. The molecule has 0 bridgehead atoms. The largest absolute Gasteiger partial charge is 0.304 e. The number of amides is 1. The molecule has 0 fully saturated rings. The van der Waals surface area contributed by atoms with E-state index >= 15 is 0 Å². The van der Waals surface area contributed by atoms with Crippen LogP contribution in [0.2, 0.25) is 0 Å². The van der Waals surface area contributed by atoms with Gasteiger partial charge in [-0.05, 0) is 37.1 Å². The Morgan fingerprint density at radius 3 is 2.65 bits per heavy atom. The van der Waals surface area contributed by atoms with Gasteiger partial charge in [0.25, 0.3) is 5.91 Å². The monoisotopic (exact) mass is 230 g/mol. The fourth-order valence-corrected chi connectivity index (χ4v) is 1.47. The number of aromatic nitrogens is 3. The van der Waals surface area contributed by atoms with E-state index in [-0.39, 0.29) is 5.91 Å². The highest BCUT2D eigenvalue weighted by Crippen LogP contribution is 2.11. The third kappa shape index (κ3) is 2.50. The Labute approximate surface area is 99.5 Å². The summed E-state index contributed by atoms with van der Waals surface area (Å²) in [6.45, 7) is 3.99. The minimum atomic E-state index is -0.173. The van der Waals surface area contributed by atoms with Gasteiger partial charge in [-0.25, -0.2) is 0 Å². The fraction of sp³-hybridized carbons (Fsp3) is 0.250. The minimum absolute atomic E-state index is 0.173. The minimum Gasteiger partial charge on any atom is -0.304 e. The second-order valence-electron chi connectivity index (χ2n) is 3.97. The van der Waals surface area contributed by atoms with Crippen molar-refractivity contribution < 1.29 is 4.79 Å². The lowest BCUT2D eigenvalue weighted by molar-refractivity contribution is 0.102. The molecule has 0 saturated heterocycles. The number of nitrogens with one attached hydrogen (secondary N) is 1. The van der Waals surface area contributed by atoms with Crippen LogP contribution in [0, 0.1) is 13.8 Å². The molecule has 1 aromatic heterocycles. The Balaban J connectivity index is 2.17. The van der Waals surface area contributed by atoms with Crippen molar-refractivity contribution in [2.75, 3.05) is 5.32 Å². The Bertz CT molecular complexity index is 559. The summed E-state index contributed by atoms with van der Waals surface area (Å²) in [6, 6.07) is 5.59. The molecule has 0 unspecified atom stereocenters. The van der Waals surface area contributed by atoms with Crippen molar-refractivity contribution in [1.82, 2.24) is 15.0 Å². The van der Waals surface area contributed by atoms with Gasteiger partial charge in [-0.15, -0.1) is 5.10 Å². The molecule has 5 nitrogen and oxygen atoms in total. The Morgan fingerprint density at radius 2 is 2.06 bits per heavy atom. The van der Waals surface area contributed by atoms with E-state index in [1.54, 1.807) is 13.1 Å². The van der Waals surface area contributed by atoms with Crippen LogP contribution in [0.4, 0.5) is 5.82 Å². The van der Waals surface area contributed by atoms with E-state index in [0.717, 1.165) is 5.56 Å². The van der Waals surface area contributed by atoms with Crippen LogP contribution in [-0.2, 0) is 7.05 Å². The lowest BCUT2D eigenvalue weighted by atomic mass is 10.1. The highest BCUT2D eigenvalue weighted by molar-refractivity contribution is 6.03. The van der Waals surface area contributed by atoms with Crippen LogP contribution >= 0.6 is 0 Å². The van der Waals surface area contributed by atoms with Crippen LogP contribution in [0.1, 0.15) is 21.5 Å². The van der Waals surface area contributed by atoms with Gasteiger partial charge in [0.1, 0.15) is 0 Å². The topological polar surface area (TPSA) is 59.8 Å². The van der Waals surface area contributed by atoms with Crippen molar-refractivity contribution in [2.45, 2.75) is 13.8 Å². The first-order valence-corrected chi connectivity index (χ1v) is 5.31. The van der Waals surface area contributed by atoms with Crippen molar-refractivity contribution in [1.29, 1.82) is 0 Å². The number of benzene rings is 1. The van der Waals surface area contributed by atoms with Gasteiger partial charge in [0.15, 0.2) is 5.82 Å². The zero-order valence-corrected chi connectivity index (χ0v) is 10.1. The molecule has 2 aromatic rings. The molecule has 0 spiro atoms. The highest BCUT2D eigenvalue weighted by atomic mass is 16.1. The van der Waals surface area contributed by atoms with Crippen molar-refractivity contribution in [3.05, 3.63) is 41.1 Å². The van der Waals surface area contributed by atoms with Crippen molar-refractivity contribution in [2.24, 2.45) is 7.05 Å². The van der Waals surface area contributed by atoms with Crippen LogP contribution in [0.5, 0.6) is 0 Å². The first-order chi connectivity index (χ1) is 8.06. The highest BCUT2D eigenvalue weighted by Gasteiger charge is 2.08. The normalized spacial score (nSPS) is 10.3. The maximum atomic E-state index is 11.9. The lowest BCUT2D eigenvalue weighted by Crippen LogP contribution is -2.12. The summed E-state index contributed by atoms with van der Waals surface area (Å²) in [4.78, 5) is 13.3. The van der Waals surface area contributed by atoms with Gasteiger partial charge >= 0.3 is 0 Å². The zero-order valence-electron chi connectivity index (χ0n) is 10.1. The van der Waals surface area contributed by atoms with Gasteiger partial charge < -0.3 is 5.32 Å². The molecule has 88 valence electrons. The number of hydrogen-bond donors (Lipinski definition) is 1. The van der Waals surface area contributed by atoms with Crippen LogP contribution in [-0.4, -0.2) is 20.9 Å². The van der Waals surface area contributed by atoms with E-state index < -0.39 is 0 Å². The third-order valence-corrected chi connectivity index (χ3v) is 2.61. The van der Waals surface area contributed by atoms with Gasteiger partial charge in [-0.3, -0.25) is 4.79 Å². The number of hydrogen-bond acceptors (Lipinski definition) is 3. The van der Waals surface area contributed by atoms with E-state index in [4.69, 9.17) is 0 Å². The molecule has 0 aliphatic carbocycles. The molecule has 17 heavy (non-hydrogen) atoms. The molecule has 0 aliphatic heterocycles. The predicted octanol–water partition coefficient (Wildman–Crippen LogP) is 1.68. The zero-order chi connectivity index (χ0) is 12.4. The van der Waals surface area contributed by atoms with Gasteiger partial charge in [0.05, 0.1) is 6.20 Å². The van der Waals surface area contributed by atoms with Crippen molar-refractivity contribution in [3.8, 4) is 0 Å². The average molecular weight is 230 g/mol. The molecular weight excluding hydrogens is 216 g/mol. The maximum absolute atomic E-state index is 11.9. The SMILES string of the molecule is Cc1ccc(C(=O)Nc2cnn(C)n2)cc1C. The molecular formula is C12H14N4O. The number of carbonyl (C=O) groups excluding carboxylic acids is 1. The summed E-state index contributed by atoms with van der Waals surface area (Å²) >= 11 is 0. The molecule has 0 radical (unpaired) electrons. The summed E-state index contributed by atoms with van der Waals surface area (Å²) in [7, 11) is 1.70. The Kier molecular flexibility index (Phi) is 2.91. The van der Waals surface area contributed by atoms with Crippen LogP contribution in [0.25, 0.3) is 0 Å². The van der Waals surface area contributed by atoms with Crippen molar-refractivity contribution >= 4 is 11.7 Å². The van der Waals surface area contributed by atoms with Gasteiger partial charge in [-0.1, -0.05) is 6.07 Å². The molecule has 1 aromatic carbocycles. The van der Waals surface area contributed by atoms with Gasteiger partial charge in [0, 0.05) is 12.6 Å².